The van der Waals surface area contributed by atoms with Crippen LogP contribution in [0, 0.1) is 13.8 Å². The summed E-state index contributed by atoms with van der Waals surface area (Å²) in [5, 5.41) is 0. The molecule has 0 aliphatic heterocycles. The molecule has 0 saturated carbocycles. The Morgan fingerprint density at radius 3 is 2.00 bits per heavy atom. The number of hydrogen-bond donors (Lipinski definition) is 0. The minimum atomic E-state index is 0.734. The third kappa shape index (κ3) is 4.13. The lowest BCUT2D eigenvalue weighted by Gasteiger charge is -1.73. The summed E-state index contributed by atoms with van der Waals surface area (Å²) < 4.78 is 4.97. The van der Waals surface area contributed by atoms with Crippen LogP contribution in [0.4, 0.5) is 0 Å². The predicted molar refractivity (Wildman–Crippen MR) is 41.9 cm³/mol. The van der Waals surface area contributed by atoms with E-state index in [9.17, 15) is 0 Å². The van der Waals surface area contributed by atoms with Crippen LogP contribution >= 0.6 is 0 Å². The summed E-state index contributed by atoms with van der Waals surface area (Å²) in [5.74, 6) is 1.61. The average molecular weight is 141 g/mol. The van der Waals surface area contributed by atoms with Crippen LogP contribution in [0.3, 0.4) is 0 Å². The van der Waals surface area contributed by atoms with Gasteiger partial charge in [0, 0.05) is 6.92 Å². The van der Waals surface area contributed by atoms with Gasteiger partial charge in [-0.1, -0.05) is 20.3 Å². The minimum absolute atomic E-state index is 0.734. The molecule has 1 heterocycles. The molecule has 0 aromatic carbocycles. The van der Waals surface area contributed by atoms with Crippen LogP contribution in [-0.4, -0.2) is 4.98 Å². The molecule has 0 aliphatic carbocycles. The second kappa shape index (κ2) is 5.03. The molecule has 1 aromatic heterocycles. The molecule has 0 radical (unpaired) electrons. The average Bonchev–Trinajstić information content (AvgIpc) is 2.17. The molecule has 0 bridgehead atoms. The van der Waals surface area contributed by atoms with E-state index in [1.54, 1.807) is 6.20 Å². The van der Waals surface area contributed by atoms with E-state index in [1.807, 2.05) is 13.8 Å². The smallest absolute Gasteiger partial charge is 0.191 e. The summed E-state index contributed by atoms with van der Waals surface area (Å²) in [7, 11) is 0. The summed E-state index contributed by atoms with van der Waals surface area (Å²) in [6.45, 7) is 7.95. The first-order chi connectivity index (χ1) is 4.70. The molecule has 0 aliphatic rings. The molecule has 2 nitrogen and oxygen atoms in total. The number of aryl methyl sites for hydroxylation is 2. The zero-order valence-electron chi connectivity index (χ0n) is 7.14. The Balaban J connectivity index is 0.000000236. The molecular formula is C8H15NO. The van der Waals surface area contributed by atoms with Crippen LogP contribution in [-0.2, 0) is 0 Å². The molecule has 0 saturated heterocycles. The van der Waals surface area contributed by atoms with Gasteiger partial charge < -0.3 is 4.42 Å². The van der Waals surface area contributed by atoms with Crippen LogP contribution in [0.2, 0.25) is 0 Å². The number of aromatic nitrogens is 1. The fraction of sp³-hybridized carbons (Fsp3) is 0.625. The maximum atomic E-state index is 4.97. The van der Waals surface area contributed by atoms with Crippen molar-refractivity contribution in [1.82, 2.24) is 4.98 Å². The second-order valence-corrected chi connectivity index (χ2v) is 2.20. The van der Waals surface area contributed by atoms with Crippen molar-refractivity contribution in [3.63, 3.8) is 0 Å². The lowest BCUT2D eigenvalue weighted by Crippen LogP contribution is -1.59. The van der Waals surface area contributed by atoms with E-state index in [0.717, 1.165) is 11.7 Å². The van der Waals surface area contributed by atoms with Gasteiger partial charge in [0.2, 0.25) is 0 Å². The van der Waals surface area contributed by atoms with Crippen molar-refractivity contribution in [3.05, 3.63) is 17.8 Å². The summed E-state index contributed by atoms with van der Waals surface area (Å²) in [6.07, 6.45) is 2.95. The normalized spacial score (nSPS) is 8.40. The van der Waals surface area contributed by atoms with Crippen LogP contribution in [0.15, 0.2) is 10.6 Å². The number of nitrogens with zero attached hydrogens (tertiary/aromatic N) is 1. The standard InChI is InChI=1S/C5H7NO.C3H8/c1-4-3-6-5(2)7-4;1-3-2/h3H,1-2H3;3H2,1-2H3. The van der Waals surface area contributed by atoms with Crippen molar-refractivity contribution < 1.29 is 4.42 Å². The number of rotatable bonds is 0. The summed E-state index contributed by atoms with van der Waals surface area (Å²) in [6, 6.07) is 0. The van der Waals surface area contributed by atoms with Crippen molar-refractivity contribution in [2.24, 2.45) is 0 Å². The molecule has 58 valence electrons. The zero-order chi connectivity index (χ0) is 7.98. The molecule has 0 atom stereocenters. The molecular weight excluding hydrogens is 126 g/mol. The quantitative estimate of drug-likeness (QED) is 0.555. The maximum Gasteiger partial charge on any atom is 0.191 e. The molecule has 1 aromatic rings. The number of oxazole rings is 1. The van der Waals surface area contributed by atoms with Gasteiger partial charge in [-0.2, -0.15) is 0 Å². The number of hydrogen-bond acceptors (Lipinski definition) is 2. The Morgan fingerprint density at radius 1 is 1.40 bits per heavy atom. The Labute approximate surface area is 62.3 Å². The lowest BCUT2D eigenvalue weighted by molar-refractivity contribution is 0.494. The fourth-order valence-corrected chi connectivity index (χ4v) is 0.467. The molecule has 0 spiro atoms. The van der Waals surface area contributed by atoms with Crippen LogP contribution in [0.25, 0.3) is 0 Å². The van der Waals surface area contributed by atoms with Crippen molar-refractivity contribution in [3.8, 4) is 0 Å². The second-order valence-electron chi connectivity index (χ2n) is 2.20. The van der Waals surface area contributed by atoms with Gasteiger partial charge in [0.25, 0.3) is 0 Å². The Morgan fingerprint density at radius 2 is 1.90 bits per heavy atom. The van der Waals surface area contributed by atoms with Gasteiger partial charge in [0.15, 0.2) is 5.89 Å². The highest BCUT2D eigenvalue weighted by Crippen LogP contribution is 1.96. The topological polar surface area (TPSA) is 26.0 Å². The van der Waals surface area contributed by atoms with E-state index in [0.29, 0.717) is 0 Å². The predicted octanol–water partition coefficient (Wildman–Crippen LogP) is 2.71. The van der Waals surface area contributed by atoms with Crippen molar-refractivity contribution in [2.45, 2.75) is 34.1 Å². The van der Waals surface area contributed by atoms with E-state index in [-0.39, 0.29) is 0 Å². The van der Waals surface area contributed by atoms with E-state index in [4.69, 9.17) is 4.42 Å². The molecule has 1 rings (SSSR count). The van der Waals surface area contributed by atoms with Gasteiger partial charge in [-0.05, 0) is 6.92 Å². The van der Waals surface area contributed by atoms with E-state index >= 15 is 0 Å². The van der Waals surface area contributed by atoms with Crippen molar-refractivity contribution >= 4 is 0 Å². The van der Waals surface area contributed by atoms with E-state index in [1.165, 1.54) is 6.42 Å². The molecule has 0 fully saturated rings. The van der Waals surface area contributed by atoms with Gasteiger partial charge >= 0.3 is 0 Å². The highest BCUT2D eigenvalue weighted by molar-refractivity contribution is 4.87. The minimum Gasteiger partial charge on any atom is -0.446 e. The summed E-state index contributed by atoms with van der Waals surface area (Å²) in [5.41, 5.74) is 0. The molecule has 2 heteroatoms. The highest BCUT2D eigenvalue weighted by atomic mass is 16.3. The van der Waals surface area contributed by atoms with Gasteiger partial charge in [-0.15, -0.1) is 0 Å². The van der Waals surface area contributed by atoms with E-state index < -0.39 is 0 Å². The van der Waals surface area contributed by atoms with Gasteiger partial charge in [-0.3, -0.25) is 0 Å². The van der Waals surface area contributed by atoms with Gasteiger partial charge in [-0.25, -0.2) is 4.98 Å². The summed E-state index contributed by atoms with van der Waals surface area (Å²) >= 11 is 0. The first-order valence-corrected chi connectivity index (χ1v) is 3.59. The molecule has 0 amide bonds. The van der Waals surface area contributed by atoms with Crippen molar-refractivity contribution in [2.75, 3.05) is 0 Å². The third-order valence-corrected chi connectivity index (χ3v) is 0.737. The maximum absolute atomic E-state index is 4.97. The largest absolute Gasteiger partial charge is 0.446 e. The first-order valence-electron chi connectivity index (χ1n) is 3.59. The molecule has 0 N–H and O–H groups in total. The first kappa shape index (κ1) is 9.21. The monoisotopic (exact) mass is 141 g/mol. The van der Waals surface area contributed by atoms with Crippen LogP contribution in [0.1, 0.15) is 31.9 Å². The van der Waals surface area contributed by atoms with Gasteiger partial charge in [0.1, 0.15) is 5.76 Å². The third-order valence-electron chi connectivity index (χ3n) is 0.737. The Bertz CT molecular complexity index is 153. The zero-order valence-corrected chi connectivity index (χ0v) is 7.14. The SMILES string of the molecule is CCC.Cc1cnc(C)o1. The summed E-state index contributed by atoms with van der Waals surface area (Å²) in [4.78, 5) is 3.85. The Kier molecular flexibility index (Phi) is 4.63. The van der Waals surface area contributed by atoms with Crippen molar-refractivity contribution in [1.29, 1.82) is 0 Å². The van der Waals surface area contributed by atoms with Gasteiger partial charge in [0.05, 0.1) is 6.20 Å². The highest BCUT2D eigenvalue weighted by Gasteiger charge is 1.87. The fourth-order valence-electron chi connectivity index (χ4n) is 0.467. The van der Waals surface area contributed by atoms with E-state index in [2.05, 4.69) is 18.8 Å². The van der Waals surface area contributed by atoms with Crippen LogP contribution < -0.4 is 0 Å². The Hall–Kier alpha value is -0.790. The van der Waals surface area contributed by atoms with Crippen LogP contribution in [0.5, 0.6) is 0 Å². The molecule has 10 heavy (non-hydrogen) atoms. The molecule has 0 unspecified atom stereocenters. The lowest BCUT2D eigenvalue weighted by atomic mass is 10.6.